The lowest BCUT2D eigenvalue weighted by molar-refractivity contribution is 0.700. The Morgan fingerprint density at radius 1 is 0.444 bits per heavy atom. The molecule has 1 heteroatoms. The van der Waals surface area contributed by atoms with E-state index in [9.17, 15) is 0 Å². The van der Waals surface area contributed by atoms with Crippen LogP contribution in [0.5, 0.6) is 0 Å². The molecule has 0 heterocycles. The summed E-state index contributed by atoms with van der Waals surface area (Å²) in [4.78, 5) is 0. The van der Waals surface area contributed by atoms with Crippen LogP contribution in [0, 0.1) is 0 Å². The lowest BCUT2D eigenvalue weighted by Crippen LogP contribution is -2.12. The van der Waals surface area contributed by atoms with E-state index < -0.39 is 7.26 Å². The van der Waals surface area contributed by atoms with Crippen LogP contribution in [0.4, 0.5) is 0 Å². The normalized spacial score (nSPS) is 12.0. The SMILES string of the molecule is CCCCCC[P+](CCC)(CCCC)CCCC. The first kappa shape index (κ1) is 18.4. The molecule has 0 unspecified atom stereocenters. The molecule has 0 aromatic heterocycles. The number of rotatable bonds is 13. The van der Waals surface area contributed by atoms with Crippen LogP contribution in [0.1, 0.15) is 85.5 Å². The van der Waals surface area contributed by atoms with E-state index in [2.05, 4.69) is 27.7 Å². The summed E-state index contributed by atoms with van der Waals surface area (Å²) in [6, 6.07) is 0. The molecule has 0 saturated carbocycles. The van der Waals surface area contributed by atoms with Crippen LogP contribution in [-0.2, 0) is 0 Å². The van der Waals surface area contributed by atoms with E-state index in [0.717, 1.165) is 0 Å². The first-order valence-corrected chi connectivity index (χ1v) is 11.1. The van der Waals surface area contributed by atoms with Crippen molar-refractivity contribution in [3.8, 4) is 0 Å². The van der Waals surface area contributed by atoms with Crippen molar-refractivity contribution in [2.24, 2.45) is 0 Å². The van der Waals surface area contributed by atoms with Gasteiger partial charge in [0.25, 0.3) is 0 Å². The highest BCUT2D eigenvalue weighted by Gasteiger charge is 2.34. The molecule has 0 N–H and O–H groups in total. The van der Waals surface area contributed by atoms with E-state index in [0.29, 0.717) is 0 Å². The molecule has 0 saturated heterocycles. The molecule has 0 atom stereocenters. The van der Waals surface area contributed by atoms with Gasteiger partial charge in [-0.3, -0.25) is 0 Å². The molecule has 0 nitrogen and oxygen atoms in total. The largest absolute Gasteiger partial charge is 0.0654 e. The first-order chi connectivity index (χ1) is 8.74. The zero-order valence-corrected chi connectivity index (χ0v) is 14.5. The highest BCUT2D eigenvalue weighted by molar-refractivity contribution is 7.75. The molecule has 0 rings (SSSR count). The summed E-state index contributed by atoms with van der Waals surface area (Å²) < 4.78 is 0. The van der Waals surface area contributed by atoms with Gasteiger partial charge in [0.2, 0.25) is 0 Å². The monoisotopic (exact) mass is 273 g/mol. The van der Waals surface area contributed by atoms with Crippen LogP contribution >= 0.6 is 7.26 Å². The zero-order valence-electron chi connectivity index (χ0n) is 13.6. The molecule has 0 radical (unpaired) electrons. The summed E-state index contributed by atoms with van der Waals surface area (Å²) in [5, 5.41) is 0. The average Bonchev–Trinajstić information content (AvgIpc) is 2.39. The van der Waals surface area contributed by atoms with Crippen LogP contribution in [0.2, 0.25) is 0 Å². The first-order valence-electron chi connectivity index (χ1n) is 8.59. The fraction of sp³-hybridized carbons (Fsp3) is 1.00. The van der Waals surface area contributed by atoms with E-state index in [1.54, 1.807) is 24.6 Å². The average molecular weight is 273 g/mol. The van der Waals surface area contributed by atoms with E-state index in [1.807, 2.05) is 0 Å². The van der Waals surface area contributed by atoms with Crippen molar-refractivity contribution < 1.29 is 0 Å². The Balaban J connectivity index is 4.29. The number of hydrogen-bond acceptors (Lipinski definition) is 0. The van der Waals surface area contributed by atoms with Gasteiger partial charge in [0, 0.05) is 7.26 Å². The minimum atomic E-state index is -0.569. The van der Waals surface area contributed by atoms with Crippen molar-refractivity contribution in [3.63, 3.8) is 0 Å². The van der Waals surface area contributed by atoms with Crippen molar-refractivity contribution in [1.29, 1.82) is 0 Å². The summed E-state index contributed by atoms with van der Waals surface area (Å²) in [6.07, 6.45) is 19.4. The minimum absolute atomic E-state index is 0.569. The third-order valence-electron chi connectivity index (χ3n) is 4.16. The molecule has 0 aliphatic heterocycles. The maximum atomic E-state index is 2.40. The van der Waals surface area contributed by atoms with Gasteiger partial charge < -0.3 is 0 Å². The predicted octanol–water partition coefficient (Wildman–Crippen LogP) is 6.59. The molecule has 0 aromatic carbocycles. The van der Waals surface area contributed by atoms with Crippen LogP contribution in [0.15, 0.2) is 0 Å². The molecule has 0 fully saturated rings. The van der Waals surface area contributed by atoms with Gasteiger partial charge in [0.05, 0.1) is 24.6 Å². The standard InChI is InChI=1S/C17H38P/c1-5-9-12-13-17-18(14-8-4,15-10-6-2)16-11-7-3/h5-17H2,1-4H3/q+1. The predicted molar refractivity (Wildman–Crippen MR) is 90.6 cm³/mol. The van der Waals surface area contributed by atoms with Crippen molar-refractivity contribution in [2.75, 3.05) is 24.6 Å². The summed E-state index contributed by atoms with van der Waals surface area (Å²) in [5.74, 6) is 0. The van der Waals surface area contributed by atoms with Gasteiger partial charge in [-0.15, -0.1) is 0 Å². The molecule has 0 amide bonds. The van der Waals surface area contributed by atoms with E-state index in [-0.39, 0.29) is 0 Å². The lowest BCUT2D eigenvalue weighted by atomic mass is 10.2. The van der Waals surface area contributed by atoms with Gasteiger partial charge in [-0.1, -0.05) is 53.4 Å². The second-order valence-corrected chi connectivity index (χ2v) is 10.5. The Bertz CT molecular complexity index is 157. The van der Waals surface area contributed by atoms with Gasteiger partial charge in [-0.05, 0) is 32.1 Å². The highest BCUT2D eigenvalue weighted by atomic mass is 31.2. The van der Waals surface area contributed by atoms with Crippen LogP contribution in [0.3, 0.4) is 0 Å². The van der Waals surface area contributed by atoms with Crippen LogP contribution in [0.25, 0.3) is 0 Å². The van der Waals surface area contributed by atoms with Gasteiger partial charge in [0.1, 0.15) is 0 Å². The lowest BCUT2D eigenvalue weighted by Gasteiger charge is -2.27. The maximum absolute atomic E-state index is 2.40. The van der Waals surface area contributed by atoms with Crippen molar-refractivity contribution in [2.45, 2.75) is 85.5 Å². The van der Waals surface area contributed by atoms with Gasteiger partial charge in [-0.2, -0.15) is 0 Å². The summed E-state index contributed by atoms with van der Waals surface area (Å²) in [6.45, 7) is 9.44. The van der Waals surface area contributed by atoms with Gasteiger partial charge in [-0.25, -0.2) is 0 Å². The Morgan fingerprint density at radius 3 is 1.39 bits per heavy atom. The second kappa shape index (κ2) is 12.5. The zero-order chi connectivity index (χ0) is 13.7. The molecule has 0 spiro atoms. The molecule has 0 aromatic rings. The van der Waals surface area contributed by atoms with E-state index in [1.165, 1.54) is 57.8 Å². The summed E-state index contributed by atoms with van der Waals surface area (Å²) in [7, 11) is -0.569. The fourth-order valence-corrected chi connectivity index (χ4v) is 8.17. The third-order valence-corrected chi connectivity index (χ3v) is 9.35. The molecular weight excluding hydrogens is 235 g/mol. The Labute approximate surface area is 118 Å². The van der Waals surface area contributed by atoms with Crippen molar-refractivity contribution in [3.05, 3.63) is 0 Å². The molecule has 0 aliphatic carbocycles. The van der Waals surface area contributed by atoms with Gasteiger partial charge in [0.15, 0.2) is 0 Å². The quantitative estimate of drug-likeness (QED) is 0.262. The van der Waals surface area contributed by atoms with E-state index in [4.69, 9.17) is 0 Å². The van der Waals surface area contributed by atoms with Crippen molar-refractivity contribution >= 4 is 7.26 Å². The maximum Gasteiger partial charge on any atom is 0.0594 e. The number of unbranched alkanes of at least 4 members (excludes halogenated alkanes) is 5. The molecule has 0 aliphatic rings. The third kappa shape index (κ3) is 8.52. The Hall–Kier alpha value is 0.430. The molecule has 0 bridgehead atoms. The molecule has 18 heavy (non-hydrogen) atoms. The minimum Gasteiger partial charge on any atom is -0.0654 e. The number of hydrogen-bond donors (Lipinski definition) is 0. The Morgan fingerprint density at radius 2 is 0.944 bits per heavy atom. The molecule has 110 valence electrons. The fourth-order valence-electron chi connectivity index (χ4n) is 3.01. The smallest absolute Gasteiger partial charge is 0.0594 e. The van der Waals surface area contributed by atoms with Crippen molar-refractivity contribution in [1.82, 2.24) is 0 Å². The van der Waals surface area contributed by atoms with Gasteiger partial charge >= 0.3 is 0 Å². The second-order valence-electron chi connectivity index (χ2n) is 6.00. The summed E-state index contributed by atoms with van der Waals surface area (Å²) >= 11 is 0. The summed E-state index contributed by atoms with van der Waals surface area (Å²) in [5.41, 5.74) is 0. The van der Waals surface area contributed by atoms with Crippen LogP contribution in [-0.4, -0.2) is 24.6 Å². The highest BCUT2D eigenvalue weighted by Crippen LogP contribution is 2.61. The van der Waals surface area contributed by atoms with Crippen LogP contribution < -0.4 is 0 Å². The molecular formula is C17H38P+. The van der Waals surface area contributed by atoms with E-state index >= 15 is 0 Å². The Kier molecular flexibility index (Phi) is 12.8. The topological polar surface area (TPSA) is 0 Å².